The second-order valence-corrected chi connectivity index (χ2v) is 8.65. The molecule has 1 atom stereocenters. The molecule has 0 amide bonds. The van der Waals surface area contributed by atoms with Gasteiger partial charge in [0.15, 0.2) is 5.84 Å². The maximum Gasteiger partial charge on any atom is 0.168 e. The summed E-state index contributed by atoms with van der Waals surface area (Å²) in [7, 11) is -1.21. The quantitative estimate of drug-likeness (QED) is 0.164. The normalized spacial score (nSPS) is 16.8. The van der Waals surface area contributed by atoms with Crippen molar-refractivity contribution in [1.29, 1.82) is 0 Å². The van der Waals surface area contributed by atoms with E-state index in [-0.39, 0.29) is 5.84 Å². The van der Waals surface area contributed by atoms with Gasteiger partial charge in [-0.15, -0.1) is 0 Å². The molecule has 150 valence electrons. The van der Waals surface area contributed by atoms with Gasteiger partial charge in [-0.25, -0.2) is 5.84 Å². The minimum absolute atomic E-state index is 0.290. The van der Waals surface area contributed by atoms with E-state index >= 15 is 0 Å². The second-order valence-electron chi connectivity index (χ2n) is 6.66. The van der Waals surface area contributed by atoms with Gasteiger partial charge in [-0.1, -0.05) is 30.3 Å². The summed E-state index contributed by atoms with van der Waals surface area (Å²) in [6, 6.07) is 12.3. The zero-order valence-corrected chi connectivity index (χ0v) is 17.4. The Morgan fingerprint density at radius 3 is 2.43 bits per heavy atom. The number of nitrogens with one attached hydrogen (secondary N) is 2. The number of benzene rings is 2. The van der Waals surface area contributed by atoms with Gasteiger partial charge in [0.25, 0.3) is 0 Å². The van der Waals surface area contributed by atoms with Crippen LogP contribution in [-0.2, 0) is 10.8 Å². The van der Waals surface area contributed by atoms with E-state index in [1.54, 1.807) is 6.26 Å². The third kappa shape index (κ3) is 4.23. The van der Waals surface area contributed by atoms with Crippen molar-refractivity contribution in [2.75, 3.05) is 19.3 Å². The average Bonchev–Trinajstić information content (AvgIpc) is 2.75. The van der Waals surface area contributed by atoms with E-state index in [4.69, 9.17) is 16.8 Å². The molecule has 9 heteroatoms. The number of amidine groups is 1. The van der Waals surface area contributed by atoms with Gasteiger partial charge in [-0.05, 0) is 66.6 Å². The summed E-state index contributed by atoms with van der Waals surface area (Å²) in [5, 5.41) is 13.1. The Morgan fingerprint density at radius 1 is 1.21 bits per heavy atom. The molecule has 7 nitrogen and oxygen atoms in total. The van der Waals surface area contributed by atoms with Crippen LogP contribution >= 0.6 is 11.9 Å². The molecule has 0 bridgehead atoms. The average molecular weight is 419 g/mol. The van der Waals surface area contributed by atoms with Crippen molar-refractivity contribution in [2.45, 2.75) is 28.6 Å². The predicted octanol–water partition coefficient (Wildman–Crippen LogP) is 1.61. The lowest BCUT2D eigenvalue weighted by Gasteiger charge is -2.23. The van der Waals surface area contributed by atoms with Crippen molar-refractivity contribution in [3.8, 4) is 11.1 Å². The van der Waals surface area contributed by atoms with Crippen LogP contribution in [0.5, 0.6) is 0 Å². The van der Waals surface area contributed by atoms with Gasteiger partial charge in [-0.3, -0.25) is 9.35 Å². The van der Waals surface area contributed by atoms with Crippen molar-refractivity contribution < 1.29 is 4.21 Å². The van der Waals surface area contributed by atoms with E-state index in [2.05, 4.69) is 40.1 Å². The van der Waals surface area contributed by atoms with Crippen LogP contribution in [0.4, 0.5) is 0 Å². The number of hydrazine groups is 1. The SMILES string of the molecule is CS(=O)c1ccc(-c2ccc(C3CCNCC3)cc2)c(/C(=N/N)NN)c1SN. The Bertz CT molecular complexity index is 879. The van der Waals surface area contributed by atoms with Crippen molar-refractivity contribution in [3.05, 3.63) is 47.5 Å². The number of nitrogens with two attached hydrogens (primary N) is 3. The molecule has 1 unspecified atom stereocenters. The minimum atomic E-state index is -1.21. The smallest absolute Gasteiger partial charge is 0.168 e. The van der Waals surface area contributed by atoms with Crippen molar-refractivity contribution >= 4 is 28.6 Å². The Balaban J connectivity index is 2.09. The molecule has 8 N–H and O–H groups in total. The summed E-state index contributed by atoms with van der Waals surface area (Å²) in [5.41, 5.74) is 6.40. The van der Waals surface area contributed by atoms with E-state index in [0.717, 1.165) is 49.0 Å². The third-order valence-electron chi connectivity index (χ3n) is 5.08. The first-order valence-corrected chi connectivity index (χ1v) is 11.5. The van der Waals surface area contributed by atoms with E-state index in [1.165, 1.54) is 5.56 Å². The fourth-order valence-corrected chi connectivity index (χ4v) is 5.27. The molecule has 0 radical (unpaired) electrons. The zero-order chi connectivity index (χ0) is 20.1. The maximum absolute atomic E-state index is 12.2. The molecule has 3 rings (SSSR count). The molecular formula is C19H26N6OS2. The van der Waals surface area contributed by atoms with Gasteiger partial charge < -0.3 is 16.6 Å². The van der Waals surface area contributed by atoms with Gasteiger partial charge in [0.2, 0.25) is 0 Å². The molecule has 1 fully saturated rings. The number of nitrogens with zero attached hydrogens (tertiary/aromatic N) is 1. The highest BCUT2D eigenvalue weighted by Crippen LogP contribution is 2.35. The molecule has 0 aliphatic carbocycles. The molecule has 1 aliphatic rings. The zero-order valence-electron chi connectivity index (χ0n) is 15.8. The molecule has 2 aromatic rings. The summed E-state index contributed by atoms with van der Waals surface area (Å²) in [4.78, 5) is 1.26. The van der Waals surface area contributed by atoms with Crippen LogP contribution in [0, 0.1) is 0 Å². The molecule has 1 saturated heterocycles. The predicted molar refractivity (Wildman–Crippen MR) is 117 cm³/mol. The maximum atomic E-state index is 12.2. The van der Waals surface area contributed by atoms with Gasteiger partial charge in [-0.2, -0.15) is 5.10 Å². The van der Waals surface area contributed by atoms with Crippen LogP contribution in [0.2, 0.25) is 0 Å². The van der Waals surface area contributed by atoms with Crippen molar-refractivity contribution in [2.24, 2.45) is 21.9 Å². The van der Waals surface area contributed by atoms with Crippen molar-refractivity contribution in [1.82, 2.24) is 10.7 Å². The third-order valence-corrected chi connectivity index (χ3v) is 6.83. The lowest BCUT2D eigenvalue weighted by atomic mass is 9.88. The minimum Gasteiger partial charge on any atom is -0.321 e. The number of hydrogen-bond acceptors (Lipinski definition) is 7. The van der Waals surface area contributed by atoms with E-state index in [9.17, 15) is 4.21 Å². The van der Waals surface area contributed by atoms with Crippen LogP contribution in [0.25, 0.3) is 11.1 Å². The van der Waals surface area contributed by atoms with Gasteiger partial charge in [0, 0.05) is 11.8 Å². The summed E-state index contributed by atoms with van der Waals surface area (Å²) in [6.45, 7) is 2.11. The number of piperidine rings is 1. The summed E-state index contributed by atoms with van der Waals surface area (Å²) in [5.74, 6) is 12.1. The van der Waals surface area contributed by atoms with E-state index in [1.807, 2.05) is 12.1 Å². The fraction of sp³-hybridized carbons (Fsp3) is 0.316. The van der Waals surface area contributed by atoms with Gasteiger partial charge in [0.05, 0.1) is 20.6 Å². The number of hydrazone groups is 1. The number of rotatable bonds is 5. The summed E-state index contributed by atoms with van der Waals surface area (Å²) in [6.07, 6.45) is 3.91. The Hall–Kier alpha value is -1.91. The molecular weight excluding hydrogens is 392 g/mol. The molecule has 0 saturated carbocycles. The Labute approximate surface area is 172 Å². The highest BCUT2D eigenvalue weighted by atomic mass is 32.2. The van der Waals surface area contributed by atoms with Crippen LogP contribution in [0.1, 0.15) is 29.9 Å². The van der Waals surface area contributed by atoms with E-state index < -0.39 is 10.8 Å². The molecule has 0 spiro atoms. The Morgan fingerprint density at radius 2 is 1.89 bits per heavy atom. The molecule has 1 aliphatic heterocycles. The van der Waals surface area contributed by atoms with Crippen LogP contribution in [-0.4, -0.2) is 29.4 Å². The van der Waals surface area contributed by atoms with Gasteiger partial charge in [0.1, 0.15) is 0 Å². The lowest BCUT2D eigenvalue weighted by molar-refractivity contribution is 0.460. The molecule has 0 aromatic heterocycles. The molecule has 1 heterocycles. The van der Waals surface area contributed by atoms with Crippen LogP contribution < -0.4 is 27.6 Å². The summed E-state index contributed by atoms with van der Waals surface area (Å²) < 4.78 is 12.2. The monoisotopic (exact) mass is 418 g/mol. The van der Waals surface area contributed by atoms with Crippen molar-refractivity contribution in [3.63, 3.8) is 0 Å². The first-order chi connectivity index (χ1) is 13.6. The van der Waals surface area contributed by atoms with Gasteiger partial charge >= 0.3 is 0 Å². The fourth-order valence-electron chi connectivity index (χ4n) is 3.65. The first kappa shape index (κ1) is 20.8. The standard InChI is InChI=1S/C19H26N6OS2/c1-28(26)16-7-6-15(17(18(16)27-22)19(24-20)25-21)14-4-2-12(3-5-14)13-8-10-23-11-9-13/h2-7,13,23H,8-11,20-22H2,1H3,(H,24,25). The van der Waals surface area contributed by atoms with Crippen LogP contribution in [0.3, 0.4) is 0 Å². The second kappa shape index (κ2) is 9.53. The highest BCUT2D eigenvalue weighted by Gasteiger charge is 2.21. The van der Waals surface area contributed by atoms with Crippen LogP contribution in [0.15, 0.2) is 51.3 Å². The Kier molecular flexibility index (Phi) is 7.08. The molecule has 2 aromatic carbocycles. The van der Waals surface area contributed by atoms with E-state index in [0.29, 0.717) is 21.3 Å². The number of hydrogen-bond donors (Lipinski definition) is 5. The summed E-state index contributed by atoms with van der Waals surface area (Å²) >= 11 is 1.01. The first-order valence-electron chi connectivity index (χ1n) is 9.03. The highest BCUT2D eigenvalue weighted by molar-refractivity contribution is 7.97. The lowest BCUT2D eigenvalue weighted by Crippen LogP contribution is -2.33. The topological polar surface area (TPSA) is 132 Å². The molecule has 28 heavy (non-hydrogen) atoms. The largest absolute Gasteiger partial charge is 0.321 e.